The normalized spacial score (nSPS) is 10.8. The summed E-state index contributed by atoms with van der Waals surface area (Å²) in [5.74, 6) is -0.192. The van der Waals surface area contributed by atoms with Crippen molar-refractivity contribution < 1.29 is 4.39 Å². The van der Waals surface area contributed by atoms with Gasteiger partial charge in [0.25, 0.3) is 0 Å². The predicted molar refractivity (Wildman–Crippen MR) is 77.5 cm³/mol. The van der Waals surface area contributed by atoms with Crippen LogP contribution >= 0.6 is 0 Å². The fourth-order valence-electron chi connectivity index (χ4n) is 2.20. The molecule has 3 aromatic rings. The van der Waals surface area contributed by atoms with Crippen molar-refractivity contribution in [2.24, 2.45) is 0 Å². The van der Waals surface area contributed by atoms with E-state index in [2.05, 4.69) is 42.8 Å². The molecule has 0 unspecified atom stereocenters. The maximum Gasteiger partial charge on any atom is 0.123 e. The molecule has 93 valence electrons. The van der Waals surface area contributed by atoms with Crippen LogP contribution in [0.5, 0.6) is 0 Å². The smallest absolute Gasteiger partial charge is 0.123 e. The Balaban J connectivity index is 1.76. The molecule has 3 aromatic carbocycles. The van der Waals surface area contributed by atoms with Crippen LogP contribution in [0.15, 0.2) is 66.7 Å². The van der Waals surface area contributed by atoms with Gasteiger partial charge in [-0.3, -0.25) is 0 Å². The van der Waals surface area contributed by atoms with Crippen molar-refractivity contribution >= 4 is 10.8 Å². The van der Waals surface area contributed by atoms with Gasteiger partial charge in [-0.1, -0.05) is 54.6 Å². The summed E-state index contributed by atoms with van der Waals surface area (Å²) >= 11 is 0. The lowest BCUT2D eigenvalue weighted by atomic mass is 10.0. The van der Waals surface area contributed by atoms with E-state index in [1.165, 1.54) is 28.5 Å². The van der Waals surface area contributed by atoms with Gasteiger partial charge in [0.05, 0.1) is 0 Å². The molecule has 0 bridgehead atoms. The highest BCUT2D eigenvalue weighted by atomic mass is 19.1. The van der Waals surface area contributed by atoms with Gasteiger partial charge in [-0.2, -0.15) is 0 Å². The summed E-state index contributed by atoms with van der Waals surface area (Å²) in [4.78, 5) is 0. The van der Waals surface area contributed by atoms with Crippen LogP contribution < -0.4 is 0 Å². The highest BCUT2D eigenvalue weighted by Gasteiger charge is 1.99. The van der Waals surface area contributed by atoms with Gasteiger partial charge in [-0.25, -0.2) is 4.39 Å². The number of hydrogen-bond donors (Lipinski definition) is 0. The van der Waals surface area contributed by atoms with Gasteiger partial charge < -0.3 is 0 Å². The van der Waals surface area contributed by atoms with Crippen molar-refractivity contribution in [1.29, 1.82) is 0 Å². The molecular formula is C18H14F. The van der Waals surface area contributed by atoms with E-state index in [9.17, 15) is 4.39 Å². The van der Waals surface area contributed by atoms with Crippen molar-refractivity contribution in [2.75, 3.05) is 0 Å². The van der Waals surface area contributed by atoms with Crippen molar-refractivity contribution in [1.82, 2.24) is 0 Å². The SMILES string of the molecule is Fc1ccc([CH]Cc2ccc3ccccc3c2)cc1. The predicted octanol–water partition coefficient (Wildman–Crippen LogP) is 4.77. The molecule has 0 spiro atoms. The fraction of sp³-hybridized carbons (Fsp3) is 0.0556. The van der Waals surface area contributed by atoms with E-state index < -0.39 is 0 Å². The van der Waals surface area contributed by atoms with Gasteiger partial charge in [-0.05, 0) is 46.9 Å². The fourth-order valence-corrected chi connectivity index (χ4v) is 2.20. The monoisotopic (exact) mass is 249 g/mol. The van der Waals surface area contributed by atoms with E-state index in [1.807, 2.05) is 6.07 Å². The second-order valence-corrected chi connectivity index (χ2v) is 4.64. The van der Waals surface area contributed by atoms with Crippen molar-refractivity contribution in [3.05, 3.63) is 90.1 Å². The lowest BCUT2D eigenvalue weighted by Crippen LogP contribution is -1.89. The van der Waals surface area contributed by atoms with Crippen LogP contribution in [-0.2, 0) is 6.42 Å². The van der Waals surface area contributed by atoms with Gasteiger partial charge >= 0.3 is 0 Å². The Hall–Kier alpha value is -2.15. The van der Waals surface area contributed by atoms with E-state index in [4.69, 9.17) is 0 Å². The first-order chi connectivity index (χ1) is 9.31. The zero-order valence-electron chi connectivity index (χ0n) is 10.5. The van der Waals surface area contributed by atoms with Crippen LogP contribution in [0.1, 0.15) is 11.1 Å². The third-order valence-electron chi connectivity index (χ3n) is 3.26. The van der Waals surface area contributed by atoms with Crippen LogP contribution in [0.4, 0.5) is 4.39 Å². The molecule has 0 N–H and O–H groups in total. The van der Waals surface area contributed by atoms with Gasteiger partial charge in [0.15, 0.2) is 0 Å². The number of rotatable bonds is 3. The zero-order valence-corrected chi connectivity index (χ0v) is 10.5. The Labute approximate surface area is 112 Å². The highest BCUT2D eigenvalue weighted by molar-refractivity contribution is 5.83. The molecule has 0 nitrogen and oxygen atoms in total. The maximum atomic E-state index is 12.8. The lowest BCUT2D eigenvalue weighted by molar-refractivity contribution is 0.627. The van der Waals surface area contributed by atoms with Gasteiger partial charge in [0.1, 0.15) is 5.82 Å². The minimum absolute atomic E-state index is 0.192. The molecule has 0 aliphatic heterocycles. The number of fused-ring (bicyclic) bond motifs is 1. The Morgan fingerprint density at radius 1 is 0.789 bits per heavy atom. The maximum absolute atomic E-state index is 12.8. The minimum Gasteiger partial charge on any atom is -0.207 e. The summed E-state index contributed by atoms with van der Waals surface area (Å²) in [5.41, 5.74) is 2.32. The Bertz CT molecular complexity index is 683. The van der Waals surface area contributed by atoms with Crippen molar-refractivity contribution in [3.63, 3.8) is 0 Å². The first-order valence-corrected chi connectivity index (χ1v) is 6.38. The quantitative estimate of drug-likeness (QED) is 0.627. The van der Waals surface area contributed by atoms with Crippen LogP contribution in [0.2, 0.25) is 0 Å². The molecule has 0 aliphatic carbocycles. The van der Waals surface area contributed by atoms with Crippen LogP contribution in [0.25, 0.3) is 10.8 Å². The topological polar surface area (TPSA) is 0 Å². The highest BCUT2D eigenvalue weighted by Crippen LogP contribution is 2.17. The van der Waals surface area contributed by atoms with E-state index in [-0.39, 0.29) is 5.82 Å². The van der Waals surface area contributed by atoms with Gasteiger partial charge in [0.2, 0.25) is 0 Å². The standard InChI is InChI=1S/C18H14F/c19-18-11-8-14(9-12-18)5-6-15-7-10-16-3-1-2-4-17(16)13-15/h1-5,7-13H,6H2. The molecular weight excluding hydrogens is 235 g/mol. The molecule has 1 radical (unpaired) electrons. The molecule has 0 aromatic heterocycles. The lowest BCUT2D eigenvalue weighted by Gasteiger charge is -2.04. The Kier molecular flexibility index (Phi) is 3.28. The third-order valence-corrected chi connectivity index (χ3v) is 3.26. The Morgan fingerprint density at radius 2 is 1.53 bits per heavy atom. The molecule has 0 saturated heterocycles. The largest absolute Gasteiger partial charge is 0.207 e. The van der Waals surface area contributed by atoms with E-state index in [0.29, 0.717) is 0 Å². The van der Waals surface area contributed by atoms with E-state index in [1.54, 1.807) is 12.1 Å². The molecule has 1 heteroatoms. The molecule has 0 amide bonds. The Morgan fingerprint density at radius 3 is 2.32 bits per heavy atom. The summed E-state index contributed by atoms with van der Waals surface area (Å²) in [6, 6.07) is 21.4. The van der Waals surface area contributed by atoms with E-state index >= 15 is 0 Å². The first-order valence-electron chi connectivity index (χ1n) is 6.38. The summed E-state index contributed by atoms with van der Waals surface area (Å²) in [6.07, 6.45) is 2.97. The molecule has 0 atom stereocenters. The number of hydrogen-bond acceptors (Lipinski definition) is 0. The minimum atomic E-state index is -0.192. The van der Waals surface area contributed by atoms with Crippen molar-refractivity contribution in [2.45, 2.75) is 6.42 Å². The second-order valence-electron chi connectivity index (χ2n) is 4.64. The first kappa shape index (κ1) is 11.9. The summed E-state index contributed by atoms with van der Waals surface area (Å²) in [6.45, 7) is 0. The molecule has 0 saturated carbocycles. The van der Waals surface area contributed by atoms with Gasteiger partial charge in [-0.15, -0.1) is 0 Å². The van der Waals surface area contributed by atoms with Crippen LogP contribution in [0.3, 0.4) is 0 Å². The zero-order chi connectivity index (χ0) is 13.1. The summed E-state index contributed by atoms with van der Waals surface area (Å²) in [7, 11) is 0. The molecule has 3 rings (SSSR count). The molecule has 0 fully saturated rings. The molecule has 19 heavy (non-hydrogen) atoms. The van der Waals surface area contributed by atoms with Gasteiger partial charge in [0, 0.05) is 0 Å². The van der Waals surface area contributed by atoms with E-state index in [0.717, 1.165) is 12.0 Å². The second kappa shape index (κ2) is 5.23. The summed E-state index contributed by atoms with van der Waals surface area (Å²) < 4.78 is 12.8. The van der Waals surface area contributed by atoms with Crippen molar-refractivity contribution in [3.8, 4) is 0 Å². The number of halogens is 1. The van der Waals surface area contributed by atoms with Crippen LogP contribution in [0, 0.1) is 12.2 Å². The third kappa shape index (κ3) is 2.82. The average Bonchev–Trinajstić information content (AvgIpc) is 2.46. The van der Waals surface area contributed by atoms with Crippen LogP contribution in [-0.4, -0.2) is 0 Å². The number of benzene rings is 3. The summed E-state index contributed by atoms with van der Waals surface area (Å²) in [5, 5.41) is 2.51. The molecule has 0 heterocycles. The molecule has 0 aliphatic rings. The average molecular weight is 249 g/mol.